The van der Waals surface area contributed by atoms with Crippen molar-refractivity contribution >= 4 is 28.3 Å². The number of imide groups is 1. The minimum absolute atomic E-state index is 0.339. The second kappa shape index (κ2) is 2.82. The molecule has 0 saturated carbocycles. The molecule has 1 aliphatic rings. The van der Waals surface area contributed by atoms with Crippen LogP contribution in [0, 0.1) is 18.3 Å². The quantitative estimate of drug-likeness (QED) is 0.692. The average molecular weight is 206 g/mol. The maximum atomic E-state index is 11.3. The van der Waals surface area contributed by atoms with Crippen molar-refractivity contribution in [3.8, 4) is 6.07 Å². The first-order valence-corrected chi connectivity index (χ1v) is 4.55. The molecule has 2 heterocycles. The summed E-state index contributed by atoms with van der Waals surface area (Å²) in [7, 11) is 0. The fourth-order valence-electron chi connectivity index (χ4n) is 1.24. The lowest BCUT2D eigenvalue weighted by atomic mass is 10.1. The van der Waals surface area contributed by atoms with E-state index in [2.05, 4.69) is 10.6 Å². The number of nitriles is 1. The molecule has 2 rings (SSSR count). The molecule has 0 bridgehead atoms. The number of nitrogens with zero attached hydrogens (tertiary/aromatic N) is 2. The van der Waals surface area contributed by atoms with Crippen LogP contribution in [0.3, 0.4) is 0 Å². The van der Waals surface area contributed by atoms with Crippen LogP contribution in [-0.2, 0) is 0 Å². The van der Waals surface area contributed by atoms with Crippen LogP contribution >= 0.6 is 11.3 Å². The van der Waals surface area contributed by atoms with Crippen LogP contribution in [0.4, 0.5) is 9.80 Å². The molecular formula is C8H4N3O2S. The first-order valence-electron chi connectivity index (χ1n) is 3.74. The van der Waals surface area contributed by atoms with E-state index in [4.69, 9.17) is 5.26 Å². The smallest absolute Gasteiger partial charge is 0.297 e. The summed E-state index contributed by atoms with van der Waals surface area (Å²) in [6.07, 6.45) is 0. The van der Waals surface area contributed by atoms with Crippen molar-refractivity contribution < 1.29 is 9.59 Å². The second-order valence-corrected chi connectivity index (χ2v) is 3.74. The molecule has 6 heteroatoms. The van der Waals surface area contributed by atoms with Crippen molar-refractivity contribution in [1.82, 2.24) is 5.32 Å². The SMILES string of the molecule is Cc1c(C#N)sc2c1C(=O)[N]C(=O)N2. The molecular weight excluding hydrogens is 202 g/mol. The van der Waals surface area contributed by atoms with Crippen LogP contribution in [0.1, 0.15) is 20.8 Å². The van der Waals surface area contributed by atoms with E-state index in [1.807, 2.05) is 6.07 Å². The molecule has 1 N–H and O–H groups in total. The van der Waals surface area contributed by atoms with E-state index in [0.717, 1.165) is 11.3 Å². The zero-order chi connectivity index (χ0) is 10.3. The molecule has 0 spiro atoms. The van der Waals surface area contributed by atoms with Crippen molar-refractivity contribution in [3.63, 3.8) is 0 Å². The minimum Gasteiger partial charge on any atom is -0.297 e. The normalized spacial score (nSPS) is 14.0. The number of fused-ring (bicyclic) bond motifs is 1. The molecule has 3 amide bonds. The zero-order valence-electron chi connectivity index (χ0n) is 7.12. The van der Waals surface area contributed by atoms with E-state index >= 15 is 0 Å². The summed E-state index contributed by atoms with van der Waals surface area (Å²) >= 11 is 1.10. The van der Waals surface area contributed by atoms with Gasteiger partial charge in [-0.3, -0.25) is 10.1 Å². The van der Waals surface area contributed by atoms with E-state index in [9.17, 15) is 9.59 Å². The number of thiophene rings is 1. The molecule has 14 heavy (non-hydrogen) atoms. The number of urea groups is 1. The molecule has 0 aromatic carbocycles. The lowest BCUT2D eigenvalue weighted by Gasteiger charge is -2.10. The third-order valence-electron chi connectivity index (χ3n) is 1.89. The summed E-state index contributed by atoms with van der Waals surface area (Å²) in [6, 6.07) is 1.29. The number of hydrogen-bond donors (Lipinski definition) is 1. The van der Waals surface area contributed by atoms with Gasteiger partial charge in [0.15, 0.2) is 0 Å². The minimum atomic E-state index is -0.673. The molecule has 0 aliphatic carbocycles. The predicted molar refractivity (Wildman–Crippen MR) is 49.3 cm³/mol. The second-order valence-electron chi connectivity index (χ2n) is 2.72. The van der Waals surface area contributed by atoms with Crippen molar-refractivity contribution in [2.24, 2.45) is 0 Å². The van der Waals surface area contributed by atoms with Crippen LogP contribution in [0.5, 0.6) is 0 Å². The highest BCUT2D eigenvalue weighted by Gasteiger charge is 2.29. The van der Waals surface area contributed by atoms with Crippen molar-refractivity contribution in [2.75, 3.05) is 5.32 Å². The first kappa shape index (κ1) is 8.72. The van der Waals surface area contributed by atoms with Gasteiger partial charge in [0.25, 0.3) is 5.91 Å². The molecule has 0 saturated heterocycles. The van der Waals surface area contributed by atoms with Gasteiger partial charge < -0.3 is 0 Å². The van der Waals surface area contributed by atoms with Gasteiger partial charge in [0.2, 0.25) is 0 Å². The molecule has 0 unspecified atom stereocenters. The van der Waals surface area contributed by atoms with Crippen molar-refractivity contribution in [3.05, 3.63) is 16.0 Å². The maximum Gasteiger partial charge on any atom is 0.349 e. The Hall–Kier alpha value is -1.87. The van der Waals surface area contributed by atoms with E-state index in [-0.39, 0.29) is 0 Å². The van der Waals surface area contributed by atoms with Crippen LogP contribution in [0.2, 0.25) is 0 Å². The largest absolute Gasteiger partial charge is 0.349 e. The fourth-order valence-corrected chi connectivity index (χ4v) is 2.22. The summed E-state index contributed by atoms with van der Waals surface area (Å²) in [5, 5.41) is 14.8. The number of hydrogen-bond acceptors (Lipinski definition) is 4. The topological polar surface area (TPSA) is 84.1 Å². The molecule has 5 nitrogen and oxygen atoms in total. The Morgan fingerprint density at radius 2 is 2.21 bits per heavy atom. The van der Waals surface area contributed by atoms with Crippen molar-refractivity contribution in [1.29, 1.82) is 5.26 Å². The Morgan fingerprint density at radius 1 is 1.50 bits per heavy atom. The average Bonchev–Trinajstić information content (AvgIpc) is 2.42. The number of amides is 3. The number of rotatable bonds is 0. The van der Waals surface area contributed by atoms with E-state index in [0.29, 0.717) is 21.0 Å². The molecule has 0 atom stereocenters. The Labute approximate surface area is 83.3 Å². The van der Waals surface area contributed by atoms with Gasteiger partial charge >= 0.3 is 6.03 Å². The summed E-state index contributed by atoms with van der Waals surface area (Å²) < 4.78 is 0. The van der Waals surface area contributed by atoms with Gasteiger partial charge in [0.05, 0.1) is 5.56 Å². The van der Waals surface area contributed by atoms with E-state index in [1.165, 1.54) is 0 Å². The number of carbonyl (C=O) groups excluding carboxylic acids is 2. The van der Waals surface area contributed by atoms with Gasteiger partial charge in [-0.15, -0.1) is 11.3 Å². The lowest BCUT2D eigenvalue weighted by Crippen LogP contribution is -2.33. The molecule has 1 aromatic heterocycles. The maximum absolute atomic E-state index is 11.3. The van der Waals surface area contributed by atoms with Crippen LogP contribution in [0.15, 0.2) is 0 Å². The fraction of sp³-hybridized carbons (Fsp3) is 0.125. The highest BCUT2D eigenvalue weighted by atomic mass is 32.1. The summed E-state index contributed by atoms with van der Waals surface area (Å²) in [6.45, 7) is 1.67. The third-order valence-corrected chi connectivity index (χ3v) is 3.00. The van der Waals surface area contributed by atoms with Crippen LogP contribution in [-0.4, -0.2) is 11.9 Å². The first-order chi connectivity index (χ1) is 6.63. The van der Waals surface area contributed by atoms with Gasteiger partial charge in [0.1, 0.15) is 15.9 Å². The standard InChI is InChI=1S/C8H4N3O2S/c1-3-4(2-9)14-7-5(3)6(12)10-8(13)11-7/h1H3,(H,11,13). The summed E-state index contributed by atoms with van der Waals surface area (Å²) in [5.74, 6) is -0.570. The summed E-state index contributed by atoms with van der Waals surface area (Å²) in [4.78, 5) is 22.6. The Balaban J connectivity index is 2.64. The highest BCUT2D eigenvalue weighted by Crippen LogP contribution is 2.34. The Morgan fingerprint density at radius 3 is 2.86 bits per heavy atom. The lowest BCUT2D eigenvalue weighted by molar-refractivity contribution is 0.0960. The predicted octanol–water partition coefficient (Wildman–Crippen LogP) is 1.22. The molecule has 1 radical (unpaired) electrons. The number of carbonyl (C=O) groups is 2. The Bertz CT molecular complexity index is 484. The van der Waals surface area contributed by atoms with Gasteiger partial charge in [-0.2, -0.15) is 10.6 Å². The van der Waals surface area contributed by atoms with Gasteiger partial charge in [-0.1, -0.05) is 0 Å². The number of nitrogens with one attached hydrogen (secondary N) is 1. The Kier molecular flexibility index (Phi) is 1.75. The van der Waals surface area contributed by atoms with E-state index in [1.54, 1.807) is 6.92 Å². The van der Waals surface area contributed by atoms with E-state index < -0.39 is 11.9 Å². The van der Waals surface area contributed by atoms with Gasteiger partial charge in [-0.05, 0) is 12.5 Å². The highest BCUT2D eigenvalue weighted by molar-refractivity contribution is 7.17. The zero-order valence-corrected chi connectivity index (χ0v) is 7.94. The molecule has 0 fully saturated rings. The van der Waals surface area contributed by atoms with Crippen LogP contribution < -0.4 is 10.6 Å². The van der Waals surface area contributed by atoms with Gasteiger partial charge in [-0.25, -0.2) is 4.79 Å². The molecule has 1 aromatic rings. The van der Waals surface area contributed by atoms with Gasteiger partial charge in [0, 0.05) is 0 Å². The summed E-state index contributed by atoms with van der Waals surface area (Å²) in [5.41, 5.74) is 0.924. The molecule has 1 aliphatic heterocycles. The molecule has 69 valence electrons. The third kappa shape index (κ3) is 1.07. The van der Waals surface area contributed by atoms with Crippen LogP contribution in [0.25, 0.3) is 0 Å². The number of anilines is 1. The monoisotopic (exact) mass is 206 g/mol. The van der Waals surface area contributed by atoms with Crippen molar-refractivity contribution in [2.45, 2.75) is 6.92 Å².